The summed E-state index contributed by atoms with van der Waals surface area (Å²) < 4.78 is 4.97. The van der Waals surface area contributed by atoms with Crippen LogP contribution in [0, 0.1) is 6.92 Å². The molecule has 0 aliphatic carbocycles. The summed E-state index contributed by atoms with van der Waals surface area (Å²) >= 11 is 1.69. The smallest absolute Gasteiger partial charge is 0.107 e. The number of aryl methyl sites for hydroxylation is 1. The molecule has 0 aliphatic heterocycles. The maximum Gasteiger partial charge on any atom is 0.107 e. The monoisotopic (exact) mass is 208 g/mol. The number of hydrogen-bond acceptors (Lipinski definition) is 4. The average molecular weight is 208 g/mol. The fraction of sp³-hybridized carbons (Fsp3) is 0.300. The first-order chi connectivity index (χ1) is 6.84. The molecule has 0 aromatic carbocycles. The SMILES string of the molecule is Cc1csc(CNCc2ccoc2)n1. The third-order valence-electron chi connectivity index (χ3n) is 1.85. The first-order valence-electron chi connectivity index (χ1n) is 4.47. The molecule has 2 heterocycles. The van der Waals surface area contributed by atoms with Crippen LogP contribution >= 0.6 is 11.3 Å². The molecule has 4 heteroatoms. The van der Waals surface area contributed by atoms with Crippen molar-refractivity contribution in [1.29, 1.82) is 0 Å². The van der Waals surface area contributed by atoms with Gasteiger partial charge in [0.05, 0.1) is 12.5 Å². The van der Waals surface area contributed by atoms with Crippen LogP contribution < -0.4 is 5.32 Å². The topological polar surface area (TPSA) is 38.1 Å². The molecule has 0 amide bonds. The van der Waals surface area contributed by atoms with Gasteiger partial charge in [-0.05, 0) is 13.0 Å². The predicted molar refractivity (Wildman–Crippen MR) is 56.1 cm³/mol. The standard InChI is InChI=1S/C10H12N2OS/c1-8-7-14-10(12-8)5-11-4-9-2-3-13-6-9/h2-3,6-7,11H,4-5H2,1H3. The van der Waals surface area contributed by atoms with Crippen LogP contribution in [0.2, 0.25) is 0 Å². The second-order valence-electron chi connectivity index (χ2n) is 3.12. The third-order valence-corrected chi connectivity index (χ3v) is 2.82. The van der Waals surface area contributed by atoms with Gasteiger partial charge in [0.1, 0.15) is 5.01 Å². The van der Waals surface area contributed by atoms with Gasteiger partial charge in [0, 0.05) is 29.7 Å². The van der Waals surface area contributed by atoms with Gasteiger partial charge in [-0.25, -0.2) is 4.98 Å². The maximum atomic E-state index is 4.97. The largest absolute Gasteiger partial charge is 0.472 e. The molecule has 0 bridgehead atoms. The lowest BCUT2D eigenvalue weighted by Gasteiger charge is -1.98. The number of aromatic nitrogens is 1. The van der Waals surface area contributed by atoms with Crippen LogP contribution in [0.3, 0.4) is 0 Å². The van der Waals surface area contributed by atoms with Gasteiger partial charge in [-0.1, -0.05) is 0 Å². The molecule has 0 unspecified atom stereocenters. The summed E-state index contributed by atoms with van der Waals surface area (Å²) in [5, 5.41) is 6.50. The van der Waals surface area contributed by atoms with Gasteiger partial charge < -0.3 is 9.73 Å². The Kier molecular flexibility index (Phi) is 2.96. The van der Waals surface area contributed by atoms with Gasteiger partial charge in [0.25, 0.3) is 0 Å². The van der Waals surface area contributed by atoms with Crippen LogP contribution in [0.25, 0.3) is 0 Å². The highest BCUT2D eigenvalue weighted by atomic mass is 32.1. The van der Waals surface area contributed by atoms with Gasteiger partial charge >= 0.3 is 0 Å². The van der Waals surface area contributed by atoms with Crippen molar-refractivity contribution in [2.24, 2.45) is 0 Å². The fourth-order valence-corrected chi connectivity index (χ4v) is 1.93. The van der Waals surface area contributed by atoms with E-state index in [2.05, 4.69) is 15.7 Å². The molecule has 0 radical (unpaired) electrons. The number of nitrogens with zero attached hydrogens (tertiary/aromatic N) is 1. The molecule has 74 valence electrons. The molecule has 2 aromatic rings. The Bertz CT molecular complexity index is 380. The van der Waals surface area contributed by atoms with E-state index in [1.54, 1.807) is 23.9 Å². The average Bonchev–Trinajstić information content (AvgIpc) is 2.77. The Balaban J connectivity index is 1.78. The van der Waals surface area contributed by atoms with Crippen molar-refractivity contribution in [1.82, 2.24) is 10.3 Å². The minimum atomic E-state index is 0.823. The zero-order valence-corrected chi connectivity index (χ0v) is 8.80. The van der Waals surface area contributed by atoms with Gasteiger partial charge in [-0.15, -0.1) is 11.3 Å². The van der Waals surface area contributed by atoms with Crippen LogP contribution in [0.1, 0.15) is 16.3 Å². The first-order valence-corrected chi connectivity index (χ1v) is 5.35. The van der Waals surface area contributed by atoms with Crippen LogP contribution in [0.4, 0.5) is 0 Å². The van der Waals surface area contributed by atoms with E-state index in [4.69, 9.17) is 4.42 Å². The van der Waals surface area contributed by atoms with Crippen molar-refractivity contribution in [2.45, 2.75) is 20.0 Å². The van der Waals surface area contributed by atoms with E-state index in [1.165, 1.54) is 5.56 Å². The number of nitrogens with one attached hydrogen (secondary N) is 1. The summed E-state index contributed by atoms with van der Waals surface area (Å²) in [4.78, 5) is 4.36. The molecule has 0 saturated carbocycles. The molecule has 3 nitrogen and oxygen atoms in total. The second kappa shape index (κ2) is 4.39. The van der Waals surface area contributed by atoms with Gasteiger partial charge in [-0.2, -0.15) is 0 Å². The summed E-state index contributed by atoms with van der Waals surface area (Å²) in [5.41, 5.74) is 2.26. The van der Waals surface area contributed by atoms with Crippen molar-refractivity contribution >= 4 is 11.3 Å². The lowest BCUT2D eigenvalue weighted by molar-refractivity contribution is 0.560. The van der Waals surface area contributed by atoms with E-state index in [0.29, 0.717) is 0 Å². The van der Waals surface area contributed by atoms with Crippen LogP contribution in [0.5, 0.6) is 0 Å². The fourth-order valence-electron chi connectivity index (χ4n) is 1.19. The Morgan fingerprint density at radius 2 is 2.43 bits per heavy atom. The molecule has 14 heavy (non-hydrogen) atoms. The molecule has 2 aromatic heterocycles. The van der Waals surface area contributed by atoms with Crippen LogP contribution in [0.15, 0.2) is 28.4 Å². The molecule has 0 saturated heterocycles. The number of thiazole rings is 1. The predicted octanol–water partition coefficient (Wildman–Crippen LogP) is 2.33. The first kappa shape index (κ1) is 9.43. The Hall–Kier alpha value is -1.13. The van der Waals surface area contributed by atoms with Crippen molar-refractivity contribution in [3.63, 3.8) is 0 Å². The Morgan fingerprint density at radius 3 is 3.07 bits per heavy atom. The quantitative estimate of drug-likeness (QED) is 0.838. The third kappa shape index (κ3) is 2.43. The molecule has 1 N–H and O–H groups in total. The minimum Gasteiger partial charge on any atom is -0.472 e. The van der Waals surface area contributed by atoms with E-state index in [9.17, 15) is 0 Å². The molecular weight excluding hydrogens is 196 g/mol. The van der Waals surface area contributed by atoms with E-state index < -0.39 is 0 Å². The lowest BCUT2D eigenvalue weighted by Crippen LogP contribution is -2.11. The number of hydrogen-bond donors (Lipinski definition) is 1. The summed E-state index contributed by atoms with van der Waals surface area (Å²) in [7, 11) is 0. The van der Waals surface area contributed by atoms with Crippen molar-refractivity contribution in [2.75, 3.05) is 0 Å². The summed E-state index contributed by atoms with van der Waals surface area (Å²) in [6.45, 7) is 3.66. The van der Waals surface area contributed by atoms with Crippen molar-refractivity contribution < 1.29 is 4.42 Å². The summed E-state index contributed by atoms with van der Waals surface area (Å²) in [6.07, 6.45) is 3.44. The molecule has 0 fully saturated rings. The van der Waals surface area contributed by atoms with E-state index in [-0.39, 0.29) is 0 Å². The van der Waals surface area contributed by atoms with Crippen molar-refractivity contribution in [3.8, 4) is 0 Å². The maximum absolute atomic E-state index is 4.97. The summed E-state index contributed by atoms with van der Waals surface area (Å²) in [6, 6.07) is 1.96. The highest BCUT2D eigenvalue weighted by molar-refractivity contribution is 7.09. The van der Waals surface area contributed by atoms with E-state index >= 15 is 0 Å². The second-order valence-corrected chi connectivity index (χ2v) is 4.06. The van der Waals surface area contributed by atoms with Gasteiger partial charge in [0.15, 0.2) is 0 Å². The van der Waals surface area contributed by atoms with E-state index in [1.807, 2.05) is 13.0 Å². The van der Waals surface area contributed by atoms with Gasteiger partial charge in [-0.3, -0.25) is 0 Å². The van der Waals surface area contributed by atoms with E-state index in [0.717, 1.165) is 23.8 Å². The lowest BCUT2D eigenvalue weighted by atomic mass is 10.3. The molecular formula is C10H12N2OS. The molecule has 0 atom stereocenters. The normalized spacial score (nSPS) is 10.6. The van der Waals surface area contributed by atoms with Crippen LogP contribution in [-0.2, 0) is 13.1 Å². The molecule has 0 aliphatic rings. The van der Waals surface area contributed by atoms with Crippen molar-refractivity contribution in [3.05, 3.63) is 40.2 Å². The Morgan fingerprint density at radius 1 is 1.50 bits per heavy atom. The van der Waals surface area contributed by atoms with Crippen LogP contribution in [-0.4, -0.2) is 4.98 Å². The number of rotatable bonds is 4. The zero-order valence-electron chi connectivity index (χ0n) is 7.99. The number of furan rings is 1. The summed E-state index contributed by atoms with van der Waals surface area (Å²) in [5.74, 6) is 0. The highest BCUT2D eigenvalue weighted by Crippen LogP contribution is 2.08. The molecule has 0 spiro atoms. The Labute approximate surface area is 86.8 Å². The zero-order chi connectivity index (χ0) is 9.80. The highest BCUT2D eigenvalue weighted by Gasteiger charge is 1.98. The van der Waals surface area contributed by atoms with Gasteiger partial charge in [0.2, 0.25) is 0 Å². The molecule has 2 rings (SSSR count). The minimum absolute atomic E-state index is 0.823.